The third kappa shape index (κ3) is 5.29. The lowest BCUT2D eigenvalue weighted by atomic mass is 10.1. The lowest BCUT2D eigenvalue weighted by molar-refractivity contribution is -0.132. The van der Waals surface area contributed by atoms with Crippen LogP contribution >= 0.6 is 0 Å². The molecule has 0 spiro atoms. The fourth-order valence-corrected chi connectivity index (χ4v) is 4.05. The summed E-state index contributed by atoms with van der Waals surface area (Å²) >= 11 is 0. The van der Waals surface area contributed by atoms with Gasteiger partial charge in [-0.1, -0.05) is 30.3 Å². The van der Waals surface area contributed by atoms with Gasteiger partial charge >= 0.3 is 0 Å². The average Bonchev–Trinajstić information content (AvgIpc) is 3.29. The molecule has 1 fully saturated rings. The Labute approximate surface area is 181 Å². The molecule has 4 rings (SSSR count). The smallest absolute Gasteiger partial charge is 0.243 e. The van der Waals surface area contributed by atoms with Crippen LogP contribution in [0.1, 0.15) is 44.1 Å². The van der Waals surface area contributed by atoms with Crippen LogP contribution in [0.15, 0.2) is 53.6 Å². The number of halogens is 1. The first-order chi connectivity index (χ1) is 15.1. The van der Waals surface area contributed by atoms with Crippen molar-refractivity contribution < 1.29 is 14.0 Å². The highest BCUT2D eigenvalue weighted by atomic mass is 19.1. The SMILES string of the molecule is O=C(CCC(=O)N1CCC(c2ccccc2)=N1)Nc1cc(F)ccc1N1CCCCC1. The first-order valence-corrected chi connectivity index (χ1v) is 10.9. The van der Waals surface area contributed by atoms with Gasteiger partial charge in [-0.15, -0.1) is 0 Å². The molecule has 2 heterocycles. The van der Waals surface area contributed by atoms with E-state index in [1.807, 2.05) is 30.3 Å². The summed E-state index contributed by atoms with van der Waals surface area (Å²) in [5.41, 5.74) is 3.18. The molecule has 0 unspecified atom stereocenters. The number of nitrogens with one attached hydrogen (secondary N) is 1. The van der Waals surface area contributed by atoms with Crippen LogP contribution in [-0.2, 0) is 9.59 Å². The number of rotatable bonds is 6. The zero-order chi connectivity index (χ0) is 21.6. The Morgan fingerprint density at radius 2 is 1.74 bits per heavy atom. The Balaban J connectivity index is 1.34. The van der Waals surface area contributed by atoms with Crippen LogP contribution in [0.3, 0.4) is 0 Å². The van der Waals surface area contributed by atoms with Gasteiger partial charge in [0.05, 0.1) is 23.6 Å². The summed E-state index contributed by atoms with van der Waals surface area (Å²) in [6.45, 7) is 2.31. The second kappa shape index (κ2) is 9.73. The second-order valence-electron chi connectivity index (χ2n) is 7.94. The van der Waals surface area contributed by atoms with Gasteiger partial charge < -0.3 is 10.2 Å². The molecule has 2 aromatic rings. The van der Waals surface area contributed by atoms with Crippen molar-refractivity contribution in [1.29, 1.82) is 0 Å². The van der Waals surface area contributed by atoms with Gasteiger partial charge in [-0.2, -0.15) is 5.10 Å². The van der Waals surface area contributed by atoms with Crippen molar-refractivity contribution in [3.8, 4) is 0 Å². The van der Waals surface area contributed by atoms with Crippen LogP contribution in [0.5, 0.6) is 0 Å². The molecule has 162 valence electrons. The molecule has 0 bridgehead atoms. The van der Waals surface area contributed by atoms with Gasteiger partial charge in [0.25, 0.3) is 0 Å². The number of benzene rings is 2. The lowest BCUT2D eigenvalue weighted by Gasteiger charge is -2.30. The third-order valence-electron chi connectivity index (χ3n) is 5.69. The molecule has 0 aromatic heterocycles. The van der Waals surface area contributed by atoms with Crippen LogP contribution in [0.4, 0.5) is 15.8 Å². The van der Waals surface area contributed by atoms with Crippen LogP contribution in [0.25, 0.3) is 0 Å². The summed E-state index contributed by atoms with van der Waals surface area (Å²) in [4.78, 5) is 27.2. The maximum atomic E-state index is 13.8. The Morgan fingerprint density at radius 3 is 2.52 bits per heavy atom. The molecule has 31 heavy (non-hydrogen) atoms. The number of carbonyl (C=O) groups is 2. The predicted octanol–water partition coefficient (Wildman–Crippen LogP) is 4.17. The van der Waals surface area contributed by atoms with Gasteiger partial charge in [0.15, 0.2) is 0 Å². The van der Waals surface area contributed by atoms with Gasteiger partial charge in [-0.05, 0) is 43.0 Å². The fourth-order valence-electron chi connectivity index (χ4n) is 4.05. The summed E-state index contributed by atoms with van der Waals surface area (Å²) < 4.78 is 13.8. The average molecular weight is 423 g/mol. The summed E-state index contributed by atoms with van der Waals surface area (Å²) in [5.74, 6) is -0.882. The molecule has 2 amide bonds. The molecule has 2 aromatic carbocycles. The minimum atomic E-state index is -0.396. The van der Waals surface area contributed by atoms with Crippen molar-refractivity contribution in [2.24, 2.45) is 5.10 Å². The Hall–Kier alpha value is -3.22. The molecule has 0 saturated carbocycles. The van der Waals surface area contributed by atoms with Crippen molar-refractivity contribution in [2.45, 2.75) is 38.5 Å². The van der Waals surface area contributed by atoms with Crippen LogP contribution < -0.4 is 10.2 Å². The number of piperidine rings is 1. The molecule has 0 aliphatic carbocycles. The number of amides is 2. The van der Waals surface area contributed by atoms with E-state index < -0.39 is 5.82 Å². The summed E-state index contributed by atoms with van der Waals surface area (Å²) in [5, 5.41) is 8.66. The lowest BCUT2D eigenvalue weighted by Crippen LogP contribution is -2.30. The van der Waals surface area contributed by atoms with Crippen molar-refractivity contribution >= 4 is 28.9 Å². The molecular weight excluding hydrogens is 395 g/mol. The number of hydrazone groups is 1. The number of nitrogens with zero attached hydrogens (tertiary/aromatic N) is 3. The quantitative estimate of drug-likeness (QED) is 0.760. The predicted molar refractivity (Wildman–Crippen MR) is 120 cm³/mol. The van der Waals surface area contributed by atoms with E-state index >= 15 is 0 Å². The summed E-state index contributed by atoms with van der Waals surface area (Å²) in [6, 6.07) is 14.2. The number of hydrogen-bond acceptors (Lipinski definition) is 4. The van der Waals surface area contributed by atoms with E-state index in [0.29, 0.717) is 18.7 Å². The van der Waals surface area contributed by atoms with E-state index in [1.165, 1.54) is 23.6 Å². The Morgan fingerprint density at radius 1 is 0.968 bits per heavy atom. The normalized spacial score (nSPS) is 16.2. The molecular formula is C24H27FN4O2. The Kier molecular flexibility index (Phi) is 6.60. The van der Waals surface area contributed by atoms with E-state index in [1.54, 1.807) is 6.07 Å². The zero-order valence-electron chi connectivity index (χ0n) is 17.5. The molecule has 1 N–H and O–H groups in total. The maximum absolute atomic E-state index is 13.8. The summed E-state index contributed by atoms with van der Waals surface area (Å²) in [6.07, 6.45) is 4.14. The summed E-state index contributed by atoms with van der Waals surface area (Å²) in [7, 11) is 0. The monoisotopic (exact) mass is 422 g/mol. The van der Waals surface area contributed by atoms with Gasteiger partial charge in [-0.25, -0.2) is 9.40 Å². The van der Waals surface area contributed by atoms with Crippen LogP contribution in [0, 0.1) is 5.82 Å². The number of anilines is 2. The van der Waals surface area contributed by atoms with E-state index in [4.69, 9.17) is 0 Å². The highest BCUT2D eigenvalue weighted by Crippen LogP contribution is 2.29. The van der Waals surface area contributed by atoms with E-state index in [2.05, 4.69) is 15.3 Å². The highest BCUT2D eigenvalue weighted by Gasteiger charge is 2.22. The van der Waals surface area contributed by atoms with Gasteiger partial charge in [-0.3, -0.25) is 9.59 Å². The van der Waals surface area contributed by atoms with E-state index in [-0.39, 0.29) is 24.7 Å². The number of carbonyl (C=O) groups excluding carboxylic acids is 2. The molecule has 2 aliphatic heterocycles. The topological polar surface area (TPSA) is 65.0 Å². The van der Waals surface area contributed by atoms with Gasteiger partial charge in [0.1, 0.15) is 5.82 Å². The Bertz CT molecular complexity index is 971. The molecule has 2 aliphatic rings. The van der Waals surface area contributed by atoms with Crippen molar-refractivity contribution in [2.75, 3.05) is 29.9 Å². The number of hydrogen-bond donors (Lipinski definition) is 1. The fraction of sp³-hybridized carbons (Fsp3) is 0.375. The van der Waals surface area contributed by atoms with E-state index in [0.717, 1.165) is 42.9 Å². The first kappa shape index (κ1) is 21.0. The van der Waals surface area contributed by atoms with Crippen molar-refractivity contribution in [1.82, 2.24) is 5.01 Å². The minimum Gasteiger partial charge on any atom is -0.370 e. The molecule has 0 atom stereocenters. The van der Waals surface area contributed by atoms with Crippen molar-refractivity contribution in [3.63, 3.8) is 0 Å². The van der Waals surface area contributed by atoms with Crippen LogP contribution in [0.2, 0.25) is 0 Å². The van der Waals surface area contributed by atoms with Crippen LogP contribution in [-0.4, -0.2) is 42.2 Å². The minimum absolute atomic E-state index is 0.0292. The zero-order valence-corrected chi connectivity index (χ0v) is 17.5. The molecule has 1 saturated heterocycles. The largest absolute Gasteiger partial charge is 0.370 e. The molecule has 0 radical (unpaired) electrons. The second-order valence-corrected chi connectivity index (χ2v) is 7.94. The molecule has 7 heteroatoms. The maximum Gasteiger partial charge on any atom is 0.243 e. The van der Waals surface area contributed by atoms with Gasteiger partial charge in [0.2, 0.25) is 11.8 Å². The standard InChI is InChI=1S/C24H27FN4O2/c25-19-9-10-22(28-14-5-2-6-15-28)21(17-19)26-23(30)11-12-24(31)29-16-13-20(27-29)18-7-3-1-4-8-18/h1,3-4,7-10,17H,2,5-6,11-16H2,(H,26,30). The molecule has 6 nitrogen and oxygen atoms in total. The van der Waals surface area contributed by atoms with E-state index in [9.17, 15) is 14.0 Å². The highest BCUT2D eigenvalue weighted by molar-refractivity contribution is 6.03. The first-order valence-electron chi connectivity index (χ1n) is 10.9. The van der Waals surface area contributed by atoms with Crippen molar-refractivity contribution in [3.05, 3.63) is 59.9 Å². The third-order valence-corrected chi connectivity index (χ3v) is 5.69. The van der Waals surface area contributed by atoms with Gasteiger partial charge in [0, 0.05) is 32.4 Å².